The molecule has 1 N–H and O–H groups in total. The molecule has 1 unspecified atom stereocenters. The lowest BCUT2D eigenvalue weighted by Crippen LogP contribution is -2.10. The number of carbonyl (C=O) groups is 2. The van der Waals surface area contributed by atoms with Gasteiger partial charge in [-0.15, -0.1) is 69.1 Å². The van der Waals surface area contributed by atoms with Gasteiger partial charge in [-0.2, -0.15) is 0 Å². The summed E-state index contributed by atoms with van der Waals surface area (Å²) in [6, 6.07) is -0.792. The van der Waals surface area contributed by atoms with E-state index in [1.165, 1.54) is 10.8 Å². The van der Waals surface area contributed by atoms with Gasteiger partial charge in [0.25, 0.3) is 0 Å². The fourth-order valence-electron chi connectivity index (χ4n) is 0.629. The van der Waals surface area contributed by atoms with Crippen molar-refractivity contribution >= 4 is 81.4 Å². The Labute approximate surface area is 167 Å². The molecule has 0 rings (SSSR count). The standard InChI is InChI=1S/C8H14NO3.C2H6.CH4S2.CH4.2H2S2/c1-2-5-12-8(11)4-3-7(9)6-10;1-2;1-3-2;;2*1-2/h6-7,9H,2-5H2,1H3;1-2H3;2H,1H3;1H4;2*1-2H/q-1;;;;;. The first-order chi connectivity index (χ1) is 10.1. The number of hydrogen-bond donors (Lipinski definition) is 5. The lowest BCUT2D eigenvalue weighted by atomic mass is 10.2. The maximum absolute atomic E-state index is 10.8. The summed E-state index contributed by atoms with van der Waals surface area (Å²) >= 11 is 16.6. The van der Waals surface area contributed by atoms with Crippen LogP contribution in [0.1, 0.15) is 47.5 Å². The van der Waals surface area contributed by atoms with Gasteiger partial charge >= 0.3 is 5.97 Å². The molecule has 10 heteroatoms. The summed E-state index contributed by atoms with van der Waals surface area (Å²) in [5.41, 5.74) is 7.02. The molecule has 0 aromatic rings. The van der Waals surface area contributed by atoms with E-state index in [1.54, 1.807) is 0 Å². The van der Waals surface area contributed by atoms with E-state index in [-0.39, 0.29) is 26.2 Å². The monoisotopic (exact) mass is 430 g/mol. The molecule has 0 bridgehead atoms. The minimum Gasteiger partial charge on any atom is -0.669 e. The van der Waals surface area contributed by atoms with Crippen LogP contribution in [-0.4, -0.2) is 31.2 Å². The largest absolute Gasteiger partial charge is 0.669 e. The van der Waals surface area contributed by atoms with Crippen molar-refractivity contribution in [1.29, 1.82) is 0 Å². The van der Waals surface area contributed by atoms with Gasteiger partial charge in [-0.1, -0.05) is 40.7 Å². The number of nitrogens with one attached hydrogen (secondary N) is 1. The molecule has 1 atom stereocenters. The van der Waals surface area contributed by atoms with Gasteiger partial charge in [-0.25, -0.2) is 0 Å². The second-order valence-corrected chi connectivity index (χ2v) is 4.14. The van der Waals surface area contributed by atoms with Crippen LogP contribution in [0.3, 0.4) is 0 Å². The summed E-state index contributed by atoms with van der Waals surface area (Å²) in [5, 5.41) is 0. The summed E-state index contributed by atoms with van der Waals surface area (Å²) in [5.74, 6) is -0.323. The number of rotatable bonds is 6. The molecule has 22 heavy (non-hydrogen) atoms. The fourth-order valence-corrected chi connectivity index (χ4v) is 0.629. The van der Waals surface area contributed by atoms with Gasteiger partial charge in [-0.3, -0.25) is 4.79 Å². The third-order valence-corrected chi connectivity index (χ3v) is 1.29. The molecule has 0 heterocycles. The lowest BCUT2D eigenvalue weighted by Gasteiger charge is -2.10. The second-order valence-electron chi connectivity index (χ2n) is 2.68. The van der Waals surface area contributed by atoms with Crippen LogP contribution in [0.4, 0.5) is 0 Å². The summed E-state index contributed by atoms with van der Waals surface area (Å²) in [6.07, 6.45) is 3.64. The number of thiol groups is 5. The summed E-state index contributed by atoms with van der Waals surface area (Å²) in [6.45, 7) is 6.33. The third kappa shape index (κ3) is 58.1. The van der Waals surface area contributed by atoms with Crippen molar-refractivity contribution in [3.63, 3.8) is 0 Å². The van der Waals surface area contributed by atoms with Gasteiger partial charge in [0, 0.05) is 6.42 Å². The van der Waals surface area contributed by atoms with Crippen LogP contribution in [0.25, 0.3) is 5.73 Å². The Morgan fingerprint density at radius 2 is 1.64 bits per heavy atom. The van der Waals surface area contributed by atoms with Crippen LogP contribution in [0.5, 0.6) is 0 Å². The molecule has 0 spiro atoms. The second kappa shape index (κ2) is 49.5. The minimum atomic E-state index is -0.792. The van der Waals surface area contributed by atoms with E-state index in [9.17, 15) is 9.59 Å². The van der Waals surface area contributed by atoms with Crippen LogP contribution in [-0.2, 0) is 14.3 Å². The predicted octanol–water partition coefficient (Wildman–Crippen LogP) is 5.72. The fraction of sp³-hybridized carbons (Fsp3) is 0.833. The normalized spacial score (nSPS) is 8.27. The van der Waals surface area contributed by atoms with Crippen molar-refractivity contribution in [3.05, 3.63) is 5.73 Å². The highest BCUT2D eigenvalue weighted by molar-refractivity contribution is 8.68. The predicted molar refractivity (Wildman–Crippen MR) is 121 cm³/mol. The Hall–Kier alpha value is 1.20. The first kappa shape index (κ1) is 38.6. The summed E-state index contributed by atoms with van der Waals surface area (Å²) in [4.78, 5) is 20.8. The van der Waals surface area contributed by atoms with Crippen LogP contribution >= 0.6 is 69.1 Å². The molecule has 0 aromatic heterocycles. The van der Waals surface area contributed by atoms with Crippen molar-refractivity contribution < 1.29 is 14.3 Å². The van der Waals surface area contributed by atoms with Crippen LogP contribution < -0.4 is 0 Å². The molecule has 0 aliphatic rings. The lowest BCUT2D eigenvalue weighted by molar-refractivity contribution is -0.143. The smallest absolute Gasteiger partial charge is 0.305 e. The summed E-state index contributed by atoms with van der Waals surface area (Å²) < 4.78 is 4.75. The van der Waals surface area contributed by atoms with Crippen molar-refractivity contribution in [3.8, 4) is 0 Å². The van der Waals surface area contributed by atoms with Gasteiger partial charge in [0.05, 0.1) is 6.61 Å². The molecule has 0 aliphatic heterocycles. The molecule has 0 amide bonds. The first-order valence-electron chi connectivity index (χ1n) is 6.01. The molecule has 0 aliphatic carbocycles. The molecular formula is C12H32NO3S6-. The maximum Gasteiger partial charge on any atom is 0.305 e. The molecule has 0 fully saturated rings. The number of ether oxygens (including phenoxy) is 1. The zero-order chi connectivity index (χ0) is 18.1. The van der Waals surface area contributed by atoms with E-state index in [1.807, 2.05) is 27.0 Å². The Morgan fingerprint density at radius 1 is 1.27 bits per heavy atom. The molecule has 4 nitrogen and oxygen atoms in total. The highest BCUT2D eigenvalue weighted by atomic mass is 33.1. The average molecular weight is 431 g/mol. The molecule has 0 saturated carbocycles. The van der Waals surface area contributed by atoms with Gasteiger partial charge in [-0.05, 0) is 12.7 Å². The Kier molecular flexibility index (Phi) is 86.9. The zero-order valence-electron chi connectivity index (χ0n) is 12.9. The minimum absolute atomic E-state index is 0. The third-order valence-electron chi connectivity index (χ3n) is 1.29. The van der Waals surface area contributed by atoms with E-state index in [4.69, 9.17) is 10.5 Å². The van der Waals surface area contributed by atoms with Crippen molar-refractivity contribution in [2.24, 2.45) is 0 Å². The Bertz CT molecular complexity index is 179. The highest BCUT2D eigenvalue weighted by Crippen LogP contribution is 1.99. The van der Waals surface area contributed by atoms with Gasteiger partial charge in [0.1, 0.15) is 6.29 Å². The van der Waals surface area contributed by atoms with Crippen molar-refractivity contribution in [1.82, 2.24) is 0 Å². The van der Waals surface area contributed by atoms with Crippen molar-refractivity contribution in [2.45, 2.75) is 53.5 Å². The van der Waals surface area contributed by atoms with Gasteiger partial charge < -0.3 is 15.3 Å². The topological polar surface area (TPSA) is 67.2 Å². The number of aldehydes is 1. The van der Waals surface area contributed by atoms with E-state index < -0.39 is 6.04 Å². The van der Waals surface area contributed by atoms with E-state index >= 15 is 0 Å². The average Bonchev–Trinajstić information content (AvgIpc) is 2.56. The number of hydrogen-bond acceptors (Lipinski definition) is 9. The molecular weight excluding hydrogens is 399 g/mol. The van der Waals surface area contributed by atoms with Gasteiger partial charge in [0.15, 0.2) is 0 Å². The molecule has 140 valence electrons. The van der Waals surface area contributed by atoms with Crippen LogP contribution in [0, 0.1) is 0 Å². The number of carbonyl (C=O) groups excluding carboxylic acids is 2. The SMILES string of the molecule is C.CC.CCCOC(=O)CCC([NH-])C=O.CSS.SS.SS. The van der Waals surface area contributed by atoms with E-state index in [2.05, 4.69) is 58.3 Å². The van der Waals surface area contributed by atoms with Crippen LogP contribution in [0.2, 0.25) is 0 Å². The first-order valence-corrected chi connectivity index (χ1v) is 11.5. The Balaban J connectivity index is -0.0000000542. The molecule has 0 saturated heterocycles. The quantitative estimate of drug-likeness (QED) is 0.162. The highest BCUT2D eigenvalue weighted by Gasteiger charge is 2.02. The maximum atomic E-state index is 10.8. The van der Waals surface area contributed by atoms with Gasteiger partial charge in [0.2, 0.25) is 0 Å². The molecule has 0 aromatic carbocycles. The number of esters is 1. The summed E-state index contributed by atoms with van der Waals surface area (Å²) in [7, 11) is 1.44. The molecule has 0 radical (unpaired) electrons. The van der Waals surface area contributed by atoms with Crippen molar-refractivity contribution in [2.75, 3.05) is 12.9 Å². The Morgan fingerprint density at radius 3 is 1.91 bits per heavy atom. The van der Waals surface area contributed by atoms with E-state index in [0.29, 0.717) is 12.9 Å². The van der Waals surface area contributed by atoms with Crippen LogP contribution in [0.15, 0.2) is 0 Å². The zero-order valence-corrected chi connectivity index (χ0v) is 18.1. The van der Waals surface area contributed by atoms with E-state index in [0.717, 1.165) is 6.42 Å².